The minimum absolute atomic E-state index is 0. The van der Waals surface area contributed by atoms with Crippen LogP contribution in [0, 0.1) is 6.07 Å². The van der Waals surface area contributed by atoms with Crippen molar-refractivity contribution in [1.82, 2.24) is 0 Å². The first-order valence-electron chi connectivity index (χ1n) is 6.09. The molecule has 19 heavy (non-hydrogen) atoms. The molecule has 1 rings (SSSR count). The van der Waals surface area contributed by atoms with Crippen LogP contribution in [-0.4, -0.2) is 30.6 Å². The molecule has 0 atom stereocenters. The number of carboxylic acid groups (broad SMARTS) is 1. The van der Waals surface area contributed by atoms with E-state index in [0.717, 1.165) is 12.8 Å². The molecule has 102 valence electrons. The molecule has 1 N–H and O–H groups in total. The number of benzene rings is 1. The van der Waals surface area contributed by atoms with Gasteiger partial charge >= 0.3 is 24.8 Å². The van der Waals surface area contributed by atoms with Gasteiger partial charge in [0.05, 0.1) is 13.2 Å². The Labute approximate surface area is 127 Å². The van der Waals surface area contributed by atoms with E-state index in [1.54, 1.807) is 0 Å². The van der Waals surface area contributed by atoms with Crippen molar-refractivity contribution in [3.05, 3.63) is 36.4 Å². The van der Waals surface area contributed by atoms with Crippen molar-refractivity contribution in [3.8, 4) is 0 Å². The summed E-state index contributed by atoms with van der Waals surface area (Å²) in [5.41, 5.74) is 0. The van der Waals surface area contributed by atoms with Gasteiger partial charge in [0.25, 0.3) is 6.29 Å². The molecule has 0 unspecified atom stereocenters. The zero-order valence-corrected chi connectivity index (χ0v) is 12.0. The van der Waals surface area contributed by atoms with Gasteiger partial charge in [0.2, 0.25) is 0 Å². The van der Waals surface area contributed by atoms with Crippen LogP contribution in [0.2, 0.25) is 0 Å². The van der Waals surface area contributed by atoms with Crippen LogP contribution in [-0.2, 0) is 14.3 Å². The Kier molecular flexibility index (Phi) is 16.5. The van der Waals surface area contributed by atoms with Crippen molar-refractivity contribution in [3.63, 3.8) is 0 Å². The Morgan fingerprint density at radius 2 is 1.58 bits per heavy atom. The third-order valence-corrected chi connectivity index (χ3v) is 1.76. The van der Waals surface area contributed by atoms with Crippen LogP contribution in [0.5, 0.6) is 0 Å². The summed E-state index contributed by atoms with van der Waals surface area (Å²) in [6.07, 6.45) is 0.489. The van der Waals surface area contributed by atoms with Crippen LogP contribution in [0.15, 0.2) is 30.3 Å². The summed E-state index contributed by atoms with van der Waals surface area (Å²) in [6.45, 7) is 4.67. The predicted molar refractivity (Wildman–Crippen MR) is 69.2 cm³/mol. The Balaban J connectivity index is 0. The van der Waals surface area contributed by atoms with Crippen molar-refractivity contribution >= 4 is 5.97 Å². The van der Waals surface area contributed by atoms with E-state index in [1.165, 1.54) is 0 Å². The maximum Gasteiger partial charge on any atom is 1.00 e. The number of rotatable bonds is 7. The molecule has 0 saturated heterocycles. The van der Waals surface area contributed by atoms with E-state index < -0.39 is 12.3 Å². The summed E-state index contributed by atoms with van der Waals surface area (Å²) in [7, 11) is 0. The summed E-state index contributed by atoms with van der Waals surface area (Å²) >= 11 is 0. The van der Waals surface area contributed by atoms with E-state index in [0.29, 0.717) is 13.2 Å². The van der Waals surface area contributed by atoms with Gasteiger partial charge in [0.15, 0.2) is 0 Å². The molecule has 0 saturated carbocycles. The molecule has 1 aromatic rings. The van der Waals surface area contributed by atoms with Crippen molar-refractivity contribution in [2.24, 2.45) is 0 Å². The molecule has 1 aromatic carbocycles. The second kappa shape index (κ2) is 15.3. The van der Waals surface area contributed by atoms with Crippen LogP contribution in [0.1, 0.15) is 26.7 Å². The molecule has 0 aliphatic carbocycles. The van der Waals surface area contributed by atoms with Crippen LogP contribution >= 0.6 is 0 Å². The molecule has 0 heterocycles. The number of hydrogen-bond donors (Lipinski definition) is 1. The van der Waals surface area contributed by atoms with Gasteiger partial charge in [-0.25, -0.2) is 4.79 Å². The number of carboxylic acids is 1. The topological polar surface area (TPSA) is 55.8 Å². The van der Waals surface area contributed by atoms with Gasteiger partial charge in [-0.15, -0.1) is 0 Å². The van der Waals surface area contributed by atoms with Gasteiger partial charge in [-0.05, 0) is 12.8 Å². The Morgan fingerprint density at radius 3 is 1.79 bits per heavy atom. The average molecular weight is 260 g/mol. The Hall–Kier alpha value is -0.793. The molecular formula is C14H21LiO4. The van der Waals surface area contributed by atoms with Crippen molar-refractivity contribution in [1.29, 1.82) is 0 Å². The molecule has 5 heteroatoms. The monoisotopic (exact) mass is 260 g/mol. The minimum atomic E-state index is -1.09. The van der Waals surface area contributed by atoms with Crippen LogP contribution < -0.4 is 18.9 Å². The van der Waals surface area contributed by atoms with E-state index in [-0.39, 0.29) is 18.9 Å². The molecule has 0 spiro atoms. The predicted octanol–water partition coefficient (Wildman–Crippen LogP) is -0.259. The fourth-order valence-electron chi connectivity index (χ4n) is 0.982. The smallest absolute Gasteiger partial charge is 0.477 e. The molecule has 0 bridgehead atoms. The Morgan fingerprint density at radius 1 is 1.11 bits per heavy atom. The average Bonchev–Trinajstić information content (AvgIpc) is 2.41. The van der Waals surface area contributed by atoms with Gasteiger partial charge in [0.1, 0.15) is 0 Å². The van der Waals surface area contributed by atoms with Crippen LogP contribution in [0.3, 0.4) is 0 Å². The second-order valence-electron chi connectivity index (χ2n) is 3.49. The maximum absolute atomic E-state index is 10.5. The zero-order chi connectivity index (χ0) is 13.6. The fourth-order valence-corrected chi connectivity index (χ4v) is 0.982. The Bertz CT molecular complexity index is 258. The SMILES string of the molecule is CCCOC(OCCC)C(=O)O.[Li+].[c-]1ccccc1. The van der Waals surface area contributed by atoms with Gasteiger partial charge in [-0.3, -0.25) is 0 Å². The normalized spacial score (nSPS) is 9.21. The molecular weight excluding hydrogens is 239 g/mol. The largest absolute Gasteiger partial charge is 1.00 e. The van der Waals surface area contributed by atoms with Crippen molar-refractivity contribution in [2.45, 2.75) is 33.0 Å². The summed E-state index contributed by atoms with van der Waals surface area (Å²) < 4.78 is 9.87. The van der Waals surface area contributed by atoms with Crippen molar-refractivity contribution in [2.75, 3.05) is 13.2 Å². The van der Waals surface area contributed by atoms with E-state index in [4.69, 9.17) is 14.6 Å². The van der Waals surface area contributed by atoms with Crippen LogP contribution in [0.4, 0.5) is 0 Å². The molecule has 0 aliphatic heterocycles. The van der Waals surface area contributed by atoms with Gasteiger partial charge < -0.3 is 14.6 Å². The van der Waals surface area contributed by atoms with E-state index in [9.17, 15) is 4.79 Å². The standard InChI is InChI=1S/C8H16O4.C6H5.Li/c1-3-5-11-8(7(9)10)12-6-4-2;1-2-4-6-5-3-1;/h8H,3-6H2,1-2H3,(H,9,10);1-5H;/q;-1;+1. The van der Waals surface area contributed by atoms with Gasteiger partial charge in [-0.1, -0.05) is 13.8 Å². The second-order valence-corrected chi connectivity index (χ2v) is 3.49. The molecule has 0 radical (unpaired) electrons. The third-order valence-electron chi connectivity index (χ3n) is 1.76. The van der Waals surface area contributed by atoms with Gasteiger partial charge in [0, 0.05) is 0 Å². The summed E-state index contributed by atoms with van der Waals surface area (Å²) in [6, 6.07) is 12.5. The minimum Gasteiger partial charge on any atom is -0.477 e. The summed E-state index contributed by atoms with van der Waals surface area (Å²) in [4.78, 5) is 10.5. The van der Waals surface area contributed by atoms with Crippen molar-refractivity contribution < 1.29 is 38.2 Å². The zero-order valence-electron chi connectivity index (χ0n) is 12.0. The number of carbonyl (C=O) groups is 1. The van der Waals surface area contributed by atoms with Gasteiger partial charge in [-0.2, -0.15) is 36.4 Å². The van der Waals surface area contributed by atoms with E-state index in [2.05, 4.69) is 6.07 Å². The quantitative estimate of drug-likeness (QED) is 0.417. The van der Waals surface area contributed by atoms with E-state index in [1.807, 2.05) is 44.2 Å². The molecule has 0 amide bonds. The molecule has 4 nitrogen and oxygen atoms in total. The number of aliphatic carboxylic acids is 1. The summed E-state index contributed by atoms with van der Waals surface area (Å²) in [5.74, 6) is -1.06. The fraction of sp³-hybridized carbons (Fsp3) is 0.500. The number of hydrogen-bond acceptors (Lipinski definition) is 3. The molecule has 0 aromatic heterocycles. The maximum atomic E-state index is 10.5. The number of ether oxygens (including phenoxy) is 2. The van der Waals surface area contributed by atoms with E-state index >= 15 is 0 Å². The first-order chi connectivity index (χ1) is 8.72. The third kappa shape index (κ3) is 13.4. The first kappa shape index (κ1) is 20.5. The first-order valence-corrected chi connectivity index (χ1v) is 6.09. The van der Waals surface area contributed by atoms with Crippen LogP contribution in [0.25, 0.3) is 0 Å². The molecule has 0 fully saturated rings. The molecule has 0 aliphatic rings. The summed E-state index contributed by atoms with van der Waals surface area (Å²) in [5, 5.41) is 8.58.